The van der Waals surface area contributed by atoms with E-state index in [1.54, 1.807) is 13.8 Å². The van der Waals surface area contributed by atoms with Gasteiger partial charge in [-0.2, -0.15) is 0 Å². The molecule has 2 aromatic rings. The van der Waals surface area contributed by atoms with Crippen molar-refractivity contribution in [1.82, 2.24) is 4.57 Å². The van der Waals surface area contributed by atoms with Crippen molar-refractivity contribution < 1.29 is 9.90 Å². The van der Waals surface area contributed by atoms with Crippen LogP contribution in [0.15, 0.2) is 35.1 Å². The fourth-order valence-electron chi connectivity index (χ4n) is 2.22. The molecule has 0 amide bonds. The van der Waals surface area contributed by atoms with Gasteiger partial charge in [-0.3, -0.25) is 9.36 Å². The van der Waals surface area contributed by atoms with Gasteiger partial charge in [-0.1, -0.05) is 17.7 Å². The highest BCUT2D eigenvalue weighted by molar-refractivity contribution is 5.90. The van der Waals surface area contributed by atoms with Crippen LogP contribution in [-0.4, -0.2) is 15.6 Å². The molecule has 0 unspecified atom stereocenters. The molecule has 1 heterocycles. The topological polar surface area (TPSA) is 59.3 Å². The maximum absolute atomic E-state index is 12.1. The minimum atomic E-state index is -1.02. The number of benzene rings is 1. The Balaban J connectivity index is 2.77. The number of carboxylic acid groups (broad SMARTS) is 1. The van der Waals surface area contributed by atoms with Crippen molar-refractivity contribution in [1.29, 1.82) is 0 Å². The van der Waals surface area contributed by atoms with Crippen LogP contribution in [0.1, 0.15) is 27.2 Å². The lowest BCUT2D eigenvalue weighted by molar-refractivity contribution is 0.0694. The Morgan fingerprint density at radius 3 is 2.21 bits per heavy atom. The molecule has 98 valence electrons. The van der Waals surface area contributed by atoms with Gasteiger partial charge in [0, 0.05) is 17.4 Å². The predicted octanol–water partition coefficient (Wildman–Crippen LogP) is 2.46. The van der Waals surface area contributed by atoms with Crippen LogP contribution in [0.3, 0.4) is 0 Å². The first-order chi connectivity index (χ1) is 8.91. The van der Waals surface area contributed by atoms with E-state index in [-0.39, 0.29) is 11.1 Å². The molecule has 4 nitrogen and oxygen atoms in total. The van der Waals surface area contributed by atoms with Crippen LogP contribution in [0.5, 0.6) is 0 Å². The normalized spacial score (nSPS) is 10.5. The van der Waals surface area contributed by atoms with E-state index in [0.29, 0.717) is 16.9 Å². The maximum Gasteiger partial charge on any atom is 0.337 e. The Morgan fingerprint density at radius 2 is 1.68 bits per heavy atom. The molecule has 0 fully saturated rings. The number of aromatic nitrogens is 1. The average Bonchev–Trinajstić information content (AvgIpc) is 2.30. The molecule has 0 saturated heterocycles. The Labute approximate surface area is 110 Å². The molecule has 0 spiro atoms. The van der Waals surface area contributed by atoms with E-state index >= 15 is 0 Å². The Morgan fingerprint density at radius 1 is 1.11 bits per heavy atom. The molecule has 0 bridgehead atoms. The highest BCUT2D eigenvalue weighted by Gasteiger charge is 2.16. The maximum atomic E-state index is 12.1. The Kier molecular flexibility index (Phi) is 3.25. The van der Waals surface area contributed by atoms with E-state index in [1.807, 2.05) is 31.2 Å². The molecular weight excluding hydrogens is 242 g/mol. The summed E-state index contributed by atoms with van der Waals surface area (Å²) in [6.07, 6.45) is 0. The number of carboxylic acids is 1. The summed E-state index contributed by atoms with van der Waals surface area (Å²) in [5.41, 5.74) is 2.65. The fourth-order valence-corrected chi connectivity index (χ4v) is 2.22. The largest absolute Gasteiger partial charge is 0.478 e. The van der Waals surface area contributed by atoms with Crippen molar-refractivity contribution in [3.8, 4) is 5.69 Å². The first kappa shape index (κ1) is 13.1. The fraction of sp³-hybridized carbons (Fsp3) is 0.200. The number of aromatic carboxylic acids is 1. The molecule has 1 aromatic heterocycles. The van der Waals surface area contributed by atoms with Crippen molar-refractivity contribution in [2.75, 3.05) is 0 Å². The van der Waals surface area contributed by atoms with Gasteiger partial charge in [-0.25, -0.2) is 4.79 Å². The lowest BCUT2D eigenvalue weighted by Gasteiger charge is -2.14. The molecule has 0 aliphatic carbocycles. The quantitative estimate of drug-likeness (QED) is 0.899. The third-order valence-corrected chi connectivity index (χ3v) is 3.16. The molecule has 0 saturated carbocycles. The number of hydrogen-bond donors (Lipinski definition) is 1. The number of rotatable bonds is 2. The summed E-state index contributed by atoms with van der Waals surface area (Å²) in [6, 6.07) is 8.76. The lowest BCUT2D eigenvalue weighted by atomic mass is 10.1. The van der Waals surface area contributed by atoms with Gasteiger partial charge in [0.2, 0.25) is 0 Å². The first-order valence-corrected chi connectivity index (χ1v) is 5.95. The van der Waals surface area contributed by atoms with Gasteiger partial charge in [0.15, 0.2) is 0 Å². The molecule has 2 rings (SSSR count). The van der Waals surface area contributed by atoms with E-state index in [0.717, 1.165) is 5.56 Å². The van der Waals surface area contributed by atoms with Crippen molar-refractivity contribution in [2.45, 2.75) is 20.8 Å². The molecule has 1 aromatic carbocycles. The number of hydrogen-bond acceptors (Lipinski definition) is 2. The monoisotopic (exact) mass is 257 g/mol. The van der Waals surface area contributed by atoms with Crippen LogP contribution in [0.4, 0.5) is 0 Å². The molecule has 0 aliphatic rings. The highest BCUT2D eigenvalue weighted by Crippen LogP contribution is 2.16. The molecule has 0 atom stereocenters. The smallest absolute Gasteiger partial charge is 0.337 e. The summed E-state index contributed by atoms with van der Waals surface area (Å²) >= 11 is 0. The minimum Gasteiger partial charge on any atom is -0.478 e. The number of carbonyl (C=O) groups is 1. The zero-order valence-corrected chi connectivity index (χ0v) is 11.1. The van der Waals surface area contributed by atoms with Crippen LogP contribution in [0.2, 0.25) is 0 Å². The summed E-state index contributed by atoms with van der Waals surface area (Å²) < 4.78 is 1.43. The number of nitrogens with zero attached hydrogens (tertiary/aromatic N) is 1. The standard InChI is InChI=1S/C15H15NO3/c1-9-4-6-12(7-5-9)16-11(3)14(15(18)19)10(2)8-13(16)17/h4-8H,1-3H3,(H,18,19). The van der Waals surface area contributed by atoms with Crippen molar-refractivity contribution in [2.24, 2.45) is 0 Å². The average molecular weight is 257 g/mol. The first-order valence-electron chi connectivity index (χ1n) is 5.95. The number of pyridine rings is 1. The van der Waals surface area contributed by atoms with Crippen molar-refractivity contribution in [3.63, 3.8) is 0 Å². The zero-order valence-electron chi connectivity index (χ0n) is 11.1. The third-order valence-electron chi connectivity index (χ3n) is 3.16. The van der Waals surface area contributed by atoms with Gasteiger partial charge >= 0.3 is 5.97 Å². The van der Waals surface area contributed by atoms with Crippen LogP contribution in [0.25, 0.3) is 5.69 Å². The second-order valence-electron chi connectivity index (χ2n) is 4.60. The lowest BCUT2D eigenvalue weighted by Crippen LogP contribution is -2.24. The SMILES string of the molecule is Cc1ccc(-n2c(C)c(C(=O)O)c(C)cc2=O)cc1. The van der Waals surface area contributed by atoms with Gasteiger partial charge in [0.25, 0.3) is 5.56 Å². The summed E-state index contributed by atoms with van der Waals surface area (Å²) in [5.74, 6) is -1.02. The summed E-state index contributed by atoms with van der Waals surface area (Å²) in [6.45, 7) is 5.24. The Hall–Kier alpha value is -2.36. The zero-order chi connectivity index (χ0) is 14.2. The molecule has 0 aliphatic heterocycles. The van der Waals surface area contributed by atoms with Gasteiger partial charge in [0.05, 0.1) is 5.56 Å². The molecule has 4 heteroatoms. The van der Waals surface area contributed by atoms with Gasteiger partial charge < -0.3 is 5.11 Å². The predicted molar refractivity (Wildman–Crippen MR) is 73.2 cm³/mol. The summed E-state index contributed by atoms with van der Waals surface area (Å²) in [4.78, 5) is 23.4. The Bertz CT molecular complexity index is 697. The van der Waals surface area contributed by atoms with Crippen LogP contribution in [-0.2, 0) is 0 Å². The van der Waals surface area contributed by atoms with E-state index < -0.39 is 5.97 Å². The van der Waals surface area contributed by atoms with E-state index in [9.17, 15) is 14.7 Å². The molecular formula is C15H15NO3. The minimum absolute atomic E-state index is 0.181. The van der Waals surface area contributed by atoms with E-state index in [4.69, 9.17) is 0 Å². The van der Waals surface area contributed by atoms with E-state index in [2.05, 4.69) is 0 Å². The van der Waals surface area contributed by atoms with Gasteiger partial charge in [0.1, 0.15) is 0 Å². The summed E-state index contributed by atoms with van der Waals surface area (Å²) in [7, 11) is 0. The van der Waals surface area contributed by atoms with E-state index in [1.165, 1.54) is 10.6 Å². The van der Waals surface area contributed by atoms with Crippen molar-refractivity contribution in [3.05, 3.63) is 63.1 Å². The van der Waals surface area contributed by atoms with Gasteiger partial charge in [-0.15, -0.1) is 0 Å². The second kappa shape index (κ2) is 4.72. The second-order valence-corrected chi connectivity index (χ2v) is 4.60. The molecule has 1 N–H and O–H groups in total. The third kappa shape index (κ3) is 2.29. The highest BCUT2D eigenvalue weighted by atomic mass is 16.4. The summed E-state index contributed by atoms with van der Waals surface area (Å²) in [5, 5.41) is 9.24. The van der Waals surface area contributed by atoms with Crippen LogP contribution < -0.4 is 5.56 Å². The van der Waals surface area contributed by atoms with Crippen LogP contribution in [0, 0.1) is 20.8 Å². The molecule has 0 radical (unpaired) electrons. The molecule has 19 heavy (non-hydrogen) atoms. The van der Waals surface area contributed by atoms with Crippen molar-refractivity contribution >= 4 is 5.97 Å². The van der Waals surface area contributed by atoms with Gasteiger partial charge in [-0.05, 0) is 38.5 Å². The number of aryl methyl sites for hydroxylation is 2. The van der Waals surface area contributed by atoms with Crippen LogP contribution >= 0.6 is 0 Å².